The van der Waals surface area contributed by atoms with E-state index in [2.05, 4.69) is 17.6 Å². The molecule has 60 valence electrons. The predicted molar refractivity (Wildman–Crippen MR) is 44.0 cm³/mol. The van der Waals surface area contributed by atoms with E-state index < -0.39 is 0 Å². The summed E-state index contributed by atoms with van der Waals surface area (Å²) in [5.74, 6) is -0.359. The summed E-state index contributed by atoms with van der Waals surface area (Å²) in [7, 11) is 0. The smallest absolute Gasteiger partial charge is 0.355 e. The Bertz CT molecular complexity index is 257. The molecular formula is C7H9NO2S. The van der Waals surface area contributed by atoms with Crippen LogP contribution >= 0.6 is 12.6 Å². The minimum absolute atomic E-state index is 0.359. The van der Waals surface area contributed by atoms with Gasteiger partial charge in [0.1, 0.15) is 5.69 Å². The van der Waals surface area contributed by atoms with Crippen LogP contribution in [0.4, 0.5) is 0 Å². The Balaban J connectivity index is 2.76. The van der Waals surface area contributed by atoms with E-state index >= 15 is 0 Å². The number of aromatic amines is 1. The third kappa shape index (κ3) is 1.77. The van der Waals surface area contributed by atoms with Gasteiger partial charge in [-0.2, -0.15) is 0 Å². The zero-order valence-electron chi connectivity index (χ0n) is 6.13. The van der Waals surface area contributed by atoms with Gasteiger partial charge in [-0.3, -0.25) is 0 Å². The Hall–Kier alpha value is -0.900. The van der Waals surface area contributed by atoms with E-state index in [1.54, 1.807) is 19.2 Å². The molecule has 0 bridgehead atoms. The van der Waals surface area contributed by atoms with Crippen LogP contribution in [0.25, 0.3) is 0 Å². The molecule has 0 unspecified atom stereocenters. The van der Waals surface area contributed by atoms with Crippen molar-refractivity contribution < 1.29 is 9.53 Å². The van der Waals surface area contributed by atoms with E-state index in [4.69, 9.17) is 4.74 Å². The standard InChI is InChI=1S/C7H9NO2S/c1-2-10-7(9)6-5(11)3-4-8-6/h3-4,8,11H,2H2,1H3. The van der Waals surface area contributed by atoms with Crippen LogP contribution in [0.1, 0.15) is 17.4 Å². The third-order valence-corrected chi connectivity index (χ3v) is 1.58. The maximum Gasteiger partial charge on any atom is 0.355 e. The van der Waals surface area contributed by atoms with Crippen LogP contribution < -0.4 is 0 Å². The topological polar surface area (TPSA) is 42.1 Å². The first-order chi connectivity index (χ1) is 5.25. The molecule has 0 saturated carbocycles. The molecule has 4 heteroatoms. The van der Waals surface area contributed by atoms with Crippen LogP contribution in [0.3, 0.4) is 0 Å². The zero-order chi connectivity index (χ0) is 8.27. The zero-order valence-corrected chi connectivity index (χ0v) is 7.02. The van der Waals surface area contributed by atoms with E-state index in [1.807, 2.05) is 0 Å². The van der Waals surface area contributed by atoms with Crippen molar-refractivity contribution in [3.8, 4) is 0 Å². The molecule has 11 heavy (non-hydrogen) atoms. The van der Waals surface area contributed by atoms with Gasteiger partial charge in [-0.1, -0.05) is 0 Å². The maximum absolute atomic E-state index is 11.0. The van der Waals surface area contributed by atoms with Crippen molar-refractivity contribution in [3.63, 3.8) is 0 Å². The number of nitrogens with one attached hydrogen (secondary N) is 1. The second-order valence-electron chi connectivity index (χ2n) is 1.96. The van der Waals surface area contributed by atoms with Gasteiger partial charge < -0.3 is 9.72 Å². The van der Waals surface area contributed by atoms with Crippen LogP contribution in [-0.4, -0.2) is 17.6 Å². The molecule has 0 amide bonds. The van der Waals surface area contributed by atoms with E-state index in [-0.39, 0.29) is 5.97 Å². The molecular weight excluding hydrogens is 162 g/mol. The number of ether oxygens (including phenoxy) is 1. The van der Waals surface area contributed by atoms with Crippen molar-refractivity contribution in [2.45, 2.75) is 11.8 Å². The number of esters is 1. The van der Waals surface area contributed by atoms with Crippen molar-refractivity contribution in [2.75, 3.05) is 6.61 Å². The summed E-state index contributed by atoms with van der Waals surface area (Å²) >= 11 is 4.05. The number of carbonyl (C=O) groups excluding carboxylic acids is 1. The number of H-pyrrole nitrogens is 1. The summed E-state index contributed by atoms with van der Waals surface area (Å²) in [5, 5.41) is 0. The third-order valence-electron chi connectivity index (χ3n) is 1.20. The first-order valence-corrected chi connectivity index (χ1v) is 3.74. The molecule has 0 atom stereocenters. The lowest BCUT2D eigenvalue weighted by Gasteiger charge is -1.98. The van der Waals surface area contributed by atoms with Crippen LogP contribution in [0.5, 0.6) is 0 Å². The highest BCUT2D eigenvalue weighted by molar-refractivity contribution is 7.80. The summed E-state index contributed by atoms with van der Waals surface area (Å²) in [6.45, 7) is 2.14. The second-order valence-corrected chi connectivity index (χ2v) is 2.44. The highest BCUT2D eigenvalue weighted by Gasteiger charge is 2.10. The Morgan fingerprint density at radius 2 is 2.55 bits per heavy atom. The molecule has 0 saturated heterocycles. The van der Waals surface area contributed by atoms with Crippen LogP contribution in [0, 0.1) is 0 Å². The van der Waals surface area contributed by atoms with E-state index in [0.29, 0.717) is 17.2 Å². The van der Waals surface area contributed by atoms with Gasteiger partial charge in [0.25, 0.3) is 0 Å². The lowest BCUT2D eigenvalue weighted by Crippen LogP contribution is -2.05. The molecule has 1 heterocycles. The molecule has 1 aromatic heterocycles. The lowest BCUT2D eigenvalue weighted by molar-refractivity contribution is 0.0516. The van der Waals surface area contributed by atoms with E-state index in [9.17, 15) is 4.79 Å². The SMILES string of the molecule is CCOC(=O)c1[nH]ccc1S. The van der Waals surface area contributed by atoms with Gasteiger partial charge in [0.05, 0.1) is 6.61 Å². The maximum atomic E-state index is 11.0. The molecule has 0 aliphatic carbocycles. The normalized spacial score (nSPS) is 9.64. The minimum atomic E-state index is -0.359. The molecule has 1 N–H and O–H groups in total. The summed E-state index contributed by atoms with van der Waals surface area (Å²) < 4.78 is 4.75. The fraction of sp³-hybridized carbons (Fsp3) is 0.286. The number of rotatable bonds is 2. The Labute approximate surface area is 70.2 Å². The molecule has 0 spiro atoms. The minimum Gasteiger partial charge on any atom is -0.461 e. The average Bonchev–Trinajstić information content (AvgIpc) is 2.36. The molecule has 1 aromatic rings. The quantitative estimate of drug-likeness (QED) is 0.522. The van der Waals surface area contributed by atoms with Gasteiger partial charge in [-0.15, -0.1) is 12.6 Å². The Kier molecular flexibility index (Phi) is 2.59. The van der Waals surface area contributed by atoms with Gasteiger partial charge in [0.15, 0.2) is 0 Å². The van der Waals surface area contributed by atoms with E-state index in [1.165, 1.54) is 0 Å². The van der Waals surface area contributed by atoms with Crippen LogP contribution in [0.2, 0.25) is 0 Å². The highest BCUT2D eigenvalue weighted by Crippen LogP contribution is 2.11. The first kappa shape index (κ1) is 8.20. The van der Waals surface area contributed by atoms with Crippen molar-refractivity contribution in [1.29, 1.82) is 0 Å². The molecule has 0 aliphatic rings. The first-order valence-electron chi connectivity index (χ1n) is 3.29. The molecule has 0 radical (unpaired) electrons. The summed E-state index contributed by atoms with van der Waals surface area (Å²) in [6.07, 6.45) is 1.65. The van der Waals surface area contributed by atoms with Gasteiger partial charge in [0, 0.05) is 11.1 Å². The number of carbonyl (C=O) groups is 1. The number of thiol groups is 1. The molecule has 0 aliphatic heterocycles. The molecule has 1 rings (SSSR count). The number of aromatic nitrogens is 1. The summed E-state index contributed by atoms with van der Waals surface area (Å²) in [6, 6.07) is 1.70. The summed E-state index contributed by atoms with van der Waals surface area (Å²) in [4.78, 5) is 14.4. The van der Waals surface area contributed by atoms with Gasteiger partial charge in [-0.25, -0.2) is 4.79 Å². The van der Waals surface area contributed by atoms with Crippen molar-refractivity contribution >= 4 is 18.6 Å². The Morgan fingerprint density at radius 3 is 3.00 bits per heavy atom. The van der Waals surface area contributed by atoms with Crippen LogP contribution in [-0.2, 0) is 4.74 Å². The molecule has 0 fully saturated rings. The highest BCUT2D eigenvalue weighted by atomic mass is 32.1. The van der Waals surface area contributed by atoms with Gasteiger partial charge >= 0.3 is 5.97 Å². The largest absolute Gasteiger partial charge is 0.461 e. The fourth-order valence-electron chi connectivity index (χ4n) is 0.728. The second kappa shape index (κ2) is 3.48. The fourth-order valence-corrected chi connectivity index (χ4v) is 0.958. The predicted octanol–water partition coefficient (Wildman–Crippen LogP) is 1.48. The summed E-state index contributed by atoms with van der Waals surface area (Å²) in [5.41, 5.74) is 0.412. The lowest BCUT2D eigenvalue weighted by atomic mass is 10.4. The van der Waals surface area contributed by atoms with Crippen LogP contribution in [0.15, 0.2) is 17.2 Å². The Morgan fingerprint density at radius 1 is 1.82 bits per heavy atom. The van der Waals surface area contributed by atoms with Crippen molar-refractivity contribution in [3.05, 3.63) is 18.0 Å². The van der Waals surface area contributed by atoms with Gasteiger partial charge in [-0.05, 0) is 13.0 Å². The molecule has 0 aromatic carbocycles. The van der Waals surface area contributed by atoms with Gasteiger partial charge in [0.2, 0.25) is 0 Å². The number of hydrogen-bond donors (Lipinski definition) is 2. The molecule has 3 nitrogen and oxygen atoms in total. The number of hydrogen-bond acceptors (Lipinski definition) is 3. The van der Waals surface area contributed by atoms with Crippen molar-refractivity contribution in [1.82, 2.24) is 4.98 Å². The van der Waals surface area contributed by atoms with E-state index in [0.717, 1.165) is 0 Å². The monoisotopic (exact) mass is 171 g/mol. The van der Waals surface area contributed by atoms with Crippen molar-refractivity contribution in [2.24, 2.45) is 0 Å². The average molecular weight is 171 g/mol.